The summed E-state index contributed by atoms with van der Waals surface area (Å²) >= 11 is 0. The highest BCUT2D eigenvalue weighted by Crippen LogP contribution is 2.23. The molecule has 94 valence electrons. The van der Waals surface area contributed by atoms with E-state index in [2.05, 4.69) is 10.6 Å². The van der Waals surface area contributed by atoms with Crippen molar-refractivity contribution >= 4 is 17.3 Å². The van der Waals surface area contributed by atoms with E-state index in [4.69, 9.17) is 10.5 Å². The summed E-state index contributed by atoms with van der Waals surface area (Å²) in [4.78, 5) is 11.0. The number of hydrogen-bond acceptors (Lipinski definition) is 4. The van der Waals surface area contributed by atoms with Crippen LogP contribution < -0.4 is 21.1 Å². The van der Waals surface area contributed by atoms with Gasteiger partial charge in [0.1, 0.15) is 5.75 Å². The van der Waals surface area contributed by atoms with E-state index in [1.807, 2.05) is 13.0 Å². The van der Waals surface area contributed by atoms with Crippen molar-refractivity contribution in [2.24, 2.45) is 0 Å². The lowest BCUT2D eigenvalue weighted by molar-refractivity contribution is -0.120. The summed E-state index contributed by atoms with van der Waals surface area (Å²) in [5, 5.41) is 5.92. The molecule has 5 heteroatoms. The van der Waals surface area contributed by atoms with Crippen molar-refractivity contribution in [1.82, 2.24) is 5.32 Å². The summed E-state index contributed by atoms with van der Waals surface area (Å²) in [5.41, 5.74) is 7.28. The molecular weight excluding hydrogens is 218 g/mol. The van der Waals surface area contributed by atoms with Gasteiger partial charge in [0.05, 0.1) is 18.5 Å². The number of hydrogen-bond donors (Lipinski definition) is 3. The number of benzene rings is 1. The maximum atomic E-state index is 11.0. The van der Waals surface area contributed by atoms with Gasteiger partial charge in [-0.3, -0.25) is 4.79 Å². The third-order valence-electron chi connectivity index (χ3n) is 2.34. The second-order valence-electron chi connectivity index (χ2n) is 3.58. The Hall–Kier alpha value is -1.91. The minimum Gasteiger partial charge on any atom is -0.497 e. The van der Waals surface area contributed by atoms with E-state index in [9.17, 15) is 4.79 Å². The first kappa shape index (κ1) is 13.2. The van der Waals surface area contributed by atoms with Crippen molar-refractivity contribution in [3.05, 3.63) is 18.2 Å². The molecule has 0 saturated heterocycles. The van der Waals surface area contributed by atoms with Crippen molar-refractivity contribution in [3.8, 4) is 5.75 Å². The SMILES string of the molecule is CCC(=O)NCCNc1cc(OC)ccc1N. The molecule has 0 bridgehead atoms. The van der Waals surface area contributed by atoms with Gasteiger partial charge in [-0.2, -0.15) is 0 Å². The molecule has 1 amide bonds. The Morgan fingerprint density at radius 2 is 2.18 bits per heavy atom. The van der Waals surface area contributed by atoms with Crippen LogP contribution in [0, 0.1) is 0 Å². The van der Waals surface area contributed by atoms with Crippen LogP contribution in [0.4, 0.5) is 11.4 Å². The largest absolute Gasteiger partial charge is 0.497 e. The Morgan fingerprint density at radius 1 is 1.41 bits per heavy atom. The number of ether oxygens (including phenoxy) is 1. The average molecular weight is 237 g/mol. The summed E-state index contributed by atoms with van der Waals surface area (Å²) in [5.74, 6) is 0.796. The highest BCUT2D eigenvalue weighted by atomic mass is 16.5. The second kappa shape index (κ2) is 6.62. The van der Waals surface area contributed by atoms with E-state index in [0.29, 0.717) is 25.2 Å². The van der Waals surface area contributed by atoms with E-state index in [0.717, 1.165) is 11.4 Å². The number of carbonyl (C=O) groups excluding carboxylic acids is 1. The Kier molecular flexibility index (Phi) is 5.13. The van der Waals surface area contributed by atoms with Crippen LogP contribution in [0.2, 0.25) is 0 Å². The van der Waals surface area contributed by atoms with Gasteiger partial charge in [0.15, 0.2) is 0 Å². The highest BCUT2D eigenvalue weighted by Gasteiger charge is 2.01. The number of anilines is 2. The predicted octanol–water partition coefficient (Wildman–Crippen LogP) is 1.22. The van der Waals surface area contributed by atoms with Gasteiger partial charge in [-0.15, -0.1) is 0 Å². The smallest absolute Gasteiger partial charge is 0.219 e. The molecule has 0 aliphatic heterocycles. The zero-order valence-corrected chi connectivity index (χ0v) is 10.2. The third-order valence-corrected chi connectivity index (χ3v) is 2.34. The molecule has 0 aliphatic rings. The van der Waals surface area contributed by atoms with Gasteiger partial charge in [0.25, 0.3) is 0 Å². The van der Waals surface area contributed by atoms with Crippen molar-refractivity contribution in [1.29, 1.82) is 0 Å². The quantitative estimate of drug-likeness (QED) is 0.513. The van der Waals surface area contributed by atoms with Crippen LogP contribution in [0.25, 0.3) is 0 Å². The molecule has 0 spiro atoms. The highest BCUT2D eigenvalue weighted by molar-refractivity contribution is 5.75. The summed E-state index contributed by atoms with van der Waals surface area (Å²) < 4.78 is 5.11. The fourth-order valence-corrected chi connectivity index (χ4v) is 1.34. The minimum atomic E-state index is 0.0467. The monoisotopic (exact) mass is 237 g/mol. The van der Waals surface area contributed by atoms with Crippen molar-refractivity contribution in [2.75, 3.05) is 31.2 Å². The molecule has 1 aromatic rings. The molecule has 5 nitrogen and oxygen atoms in total. The number of amides is 1. The van der Waals surface area contributed by atoms with Gasteiger partial charge in [-0.1, -0.05) is 6.92 Å². The number of methoxy groups -OCH3 is 1. The number of nitrogens with one attached hydrogen (secondary N) is 2. The topological polar surface area (TPSA) is 76.4 Å². The number of carbonyl (C=O) groups is 1. The molecule has 17 heavy (non-hydrogen) atoms. The van der Waals surface area contributed by atoms with E-state index in [1.54, 1.807) is 19.2 Å². The Morgan fingerprint density at radius 3 is 2.82 bits per heavy atom. The molecule has 0 aromatic heterocycles. The van der Waals surface area contributed by atoms with Gasteiger partial charge in [-0.05, 0) is 12.1 Å². The van der Waals surface area contributed by atoms with Gasteiger partial charge in [0.2, 0.25) is 5.91 Å². The lowest BCUT2D eigenvalue weighted by atomic mass is 10.2. The van der Waals surface area contributed by atoms with Crippen LogP contribution in [-0.4, -0.2) is 26.1 Å². The molecule has 0 saturated carbocycles. The fraction of sp³-hybridized carbons (Fsp3) is 0.417. The zero-order valence-electron chi connectivity index (χ0n) is 10.2. The molecule has 0 radical (unpaired) electrons. The van der Waals surface area contributed by atoms with Gasteiger partial charge >= 0.3 is 0 Å². The van der Waals surface area contributed by atoms with E-state index < -0.39 is 0 Å². The van der Waals surface area contributed by atoms with E-state index in [-0.39, 0.29) is 5.91 Å². The van der Waals surface area contributed by atoms with Crippen LogP contribution >= 0.6 is 0 Å². The maximum absolute atomic E-state index is 11.0. The van der Waals surface area contributed by atoms with Crippen LogP contribution in [0.3, 0.4) is 0 Å². The Labute approximate surface area is 101 Å². The van der Waals surface area contributed by atoms with E-state index in [1.165, 1.54) is 0 Å². The zero-order chi connectivity index (χ0) is 12.7. The molecule has 0 atom stereocenters. The molecule has 0 unspecified atom stereocenters. The van der Waals surface area contributed by atoms with Crippen LogP contribution in [0.5, 0.6) is 5.75 Å². The Balaban J connectivity index is 2.43. The first-order valence-corrected chi connectivity index (χ1v) is 5.61. The first-order valence-electron chi connectivity index (χ1n) is 5.61. The normalized spacial score (nSPS) is 9.76. The molecule has 0 aliphatic carbocycles. The van der Waals surface area contributed by atoms with Crippen LogP contribution in [0.1, 0.15) is 13.3 Å². The first-order chi connectivity index (χ1) is 8.17. The van der Waals surface area contributed by atoms with E-state index >= 15 is 0 Å². The summed E-state index contributed by atoms with van der Waals surface area (Å²) in [6.07, 6.45) is 0.501. The minimum absolute atomic E-state index is 0.0467. The second-order valence-corrected chi connectivity index (χ2v) is 3.58. The molecule has 4 N–H and O–H groups in total. The van der Waals surface area contributed by atoms with Gasteiger partial charge in [0, 0.05) is 25.6 Å². The predicted molar refractivity (Wildman–Crippen MR) is 69.2 cm³/mol. The summed E-state index contributed by atoms with van der Waals surface area (Å²) in [6.45, 7) is 3.02. The van der Waals surface area contributed by atoms with Crippen LogP contribution in [-0.2, 0) is 4.79 Å². The third kappa shape index (κ3) is 4.22. The number of nitrogens with two attached hydrogens (primary N) is 1. The summed E-state index contributed by atoms with van der Waals surface area (Å²) in [7, 11) is 1.61. The van der Waals surface area contributed by atoms with Crippen molar-refractivity contribution in [3.63, 3.8) is 0 Å². The maximum Gasteiger partial charge on any atom is 0.219 e. The fourth-order valence-electron chi connectivity index (χ4n) is 1.34. The average Bonchev–Trinajstić information content (AvgIpc) is 2.36. The lowest BCUT2D eigenvalue weighted by Gasteiger charge is -2.11. The number of rotatable bonds is 6. The number of nitrogen functional groups attached to an aromatic ring is 1. The molecule has 1 aromatic carbocycles. The molecule has 0 heterocycles. The Bertz CT molecular complexity index is 380. The standard InChI is InChI=1S/C12H19N3O2/c1-3-12(16)15-7-6-14-11-8-9(17-2)4-5-10(11)13/h4-5,8,14H,3,6-7,13H2,1-2H3,(H,15,16). The van der Waals surface area contributed by atoms with Crippen LogP contribution in [0.15, 0.2) is 18.2 Å². The molecule has 0 fully saturated rings. The summed E-state index contributed by atoms with van der Waals surface area (Å²) in [6, 6.07) is 5.42. The van der Waals surface area contributed by atoms with Gasteiger partial charge in [-0.25, -0.2) is 0 Å². The van der Waals surface area contributed by atoms with Gasteiger partial charge < -0.3 is 21.1 Å². The van der Waals surface area contributed by atoms with Crippen molar-refractivity contribution < 1.29 is 9.53 Å². The molecule has 1 rings (SSSR count). The molecular formula is C12H19N3O2. The lowest BCUT2D eigenvalue weighted by Crippen LogP contribution is -2.28. The van der Waals surface area contributed by atoms with Crippen molar-refractivity contribution in [2.45, 2.75) is 13.3 Å².